The van der Waals surface area contributed by atoms with Crippen LogP contribution in [0.4, 0.5) is 0 Å². The molecule has 0 aromatic heterocycles. The Morgan fingerprint density at radius 2 is 1.31 bits per heavy atom. The molecule has 0 heterocycles. The second-order valence-electron chi connectivity index (χ2n) is 10.4. The molecular formula is C23H47B6I3Y3-2. The van der Waals surface area contributed by atoms with Gasteiger partial charge in [0.15, 0.2) is 0 Å². The van der Waals surface area contributed by atoms with Gasteiger partial charge in [-0.1, -0.05) is 98.8 Å². The fourth-order valence-corrected chi connectivity index (χ4v) is 4.71. The average Bonchev–Trinajstić information content (AvgIpc) is 2.73. The monoisotopic (exact) mass is 1040 g/mol. The van der Waals surface area contributed by atoms with Crippen molar-refractivity contribution in [3.8, 4) is 0 Å². The van der Waals surface area contributed by atoms with Crippen molar-refractivity contribution in [2.75, 3.05) is 0 Å². The molecule has 0 N–H and O–H groups in total. The average molecular weight is 1040 g/mol. The molecule has 0 aliphatic carbocycles. The molecule has 0 bridgehead atoms. The first-order valence-electron chi connectivity index (χ1n) is 12.5. The van der Waals surface area contributed by atoms with Crippen molar-refractivity contribution < 1.29 is 98.1 Å². The molecule has 6 unspecified atom stereocenters. The molecule has 12 heteroatoms. The summed E-state index contributed by atoms with van der Waals surface area (Å²) in [5.41, 5.74) is 0. The van der Waals surface area contributed by atoms with Crippen molar-refractivity contribution in [2.45, 2.75) is 112 Å². The molecule has 9 radical (unpaired) electrons. The van der Waals surface area contributed by atoms with E-state index in [0.717, 1.165) is 30.4 Å². The van der Waals surface area contributed by atoms with E-state index in [0.29, 0.717) is 24.2 Å². The third kappa shape index (κ3) is 32.6. The summed E-state index contributed by atoms with van der Waals surface area (Å²) in [7, 11) is 16.5. The first kappa shape index (κ1) is 53.5. The summed E-state index contributed by atoms with van der Waals surface area (Å²) in [5.74, 6) is 4.33. The maximum atomic E-state index is 6.55. The van der Waals surface area contributed by atoms with Gasteiger partial charge in [-0.25, -0.2) is 0 Å². The van der Waals surface area contributed by atoms with E-state index in [1.165, 1.54) is 32.1 Å². The van der Waals surface area contributed by atoms with Crippen LogP contribution in [-0.4, -0.2) is 43.0 Å². The molecule has 0 aliphatic heterocycles. The molecule has 35 heavy (non-hydrogen) atoms. The van der Waals surface area contributed by atoms with Crippen molar-refractivity contribution in [1.82, 2.24) is 0 Å². The van der Waals surface area contributed by atoms with E-state index in [2.05, 4.69) is 113 Å². The quantitative estimate of drug-likeness (QED) is 0.0734. The Hall–Kier alpha value is 5.89. The van der Waals surface area contributed by atoms with E-state index in [4.69, 9.17) is 15.5 Å². The van der Waals surface area contributed by atoms with Crippen LogP contribution in [0.1, 0.15) is 93.9 Å². The van der Waals surface area contributed by atoms with E-state index in [9.17, 15) is 0 Å². The summed E-state index contributed by atoms with van der Waals surface area (Å²) in [5, 5.41) is 0. The fourth-order valence-electron chi connectivity index (χ4n) is 4.71. The molecule has 0 amide bonds. The van der Waals surface area contributed by atoms with Crippen LogP contribution in [0.2, 0.25) is 17.9 Å². The standard InChI is InChI=1S/C23H46B6.I2.HI.3Y/c1-9-18(3)13-20(5)15-22(7)26-17-29(25)23(8)16-21(6)14-19(4)11-12-28(10-2)27-24;1-2;;;;/h10,12,18-23H,9,11,13-17H2,1-8H3;;1H;;;/q-2;;;;;. The van der Waals surface area contributed by atoms with E-state index in [1.54, 1.807) is 7.06 Å². The second kappa shape index (κ2) is 36.1. The maximum Gasteiger partial charge on any atom is 0.104 e. The maximum absolute atomic E-state index is 6.55. The molecule has 0 nitrogen and oxygen atoms in total. The van der Waals surface area contributed by atoms with Crippen LogP contribution in [0.5, 0.6) is 0 Å². The molecule has 0 saturated carbocycles. The van der Waals surface area contributed by atoms with Crippen LogP contribution in [-0.2, 0) is 98.1 Å². The number of rotatable bonds is 18. The molecule has 0 aliphatic rings. The zero-order valence-corrected chi connectivity index (χ0v) is 39.1. The van der Waals surface area contributed by atoms with Gasteiger partial charge in [-0.3, -0.25) is 6.60 Å². The van der Waals surface area contributed by atoms with Crippen LogP contribution in [0.3, 0.4) is 0 Å². The third-order valence-corrected chi connectivity index (χ3v) is 6.81. The largest absolute Gasteiger partial charge is 0.387 e. The van der Waals surface area contributed by atoms with Crippen LogP contribution in [0.25, 0.3) is 0 Å². The number of hydrogen-bond acceptors (Lipinski definition) is 0. The van der Waals surface area contributed by atoms with Crippen molar-refractivity contribution >= 4 is 104 Å². The summed E-state index contributed by atoms with van der Waals surface area (Å²) in [6.07, 6.45) is 13.1. The molecule has 0 aromatic rings. The Balaban J connectivity index is -0.000000341. The smallest absolute Gasteiger partial charge is 0.104 e. The summed E-state index contributed by atoms with van der Waals surface area (Å²) < 4.78 is 0. The minimum Gasteiger partial charge on any atom is -0.387 e. The molecule has 0 spiro atoms. The van der Waals surface area contributed by atoms with Gasteiger partial charge >= 0.3 is 0 Å². The molecule has 189 valence electrons. The van der Waals surface area contributed by atoms with Gasteiger partial charge < -0.3 is 12.6 Å². The predicted octanol–water partition coefficient (Wildman–Crippen LogP) is 8.58. The van der Waals surface area contributed by atoms with E-state index in [-0.39, 0.29) is 129 Å². The predicted molar refractivity (Wildman–Crippen MR) is 186 cm³/mol. The Bertz CT molecular complexity index is 406. The minimum atomic E-state index is 0. The molecule has 0 rings (SSSR count). The van der Waals surface area contributed by atoms with Crippen molar-refractivity contribution in [1.29, 1.82) is 0 Å². The third-order valence-electron chi connectivity index (χ3n) is 6.81. The van der Waals surface area contributed by atoms with Crippen LogP contribution in [0, 0.1) is 36.3 Å². The molecule has 6 atom stereocenters. The first-order chi connectivity index (χ1) is 14.6. The summed E-state index contributed by atoms with van der Waals surface area (Å²) >= 11 is 4.24. The van der Waals surface area contributed by atoms with E-state index in [1.807, 2.05) is 0 Å². The fraction of sp³-hybridized carbons (Fsp3) is 0.913. The SMILES string of the molecule is I.II.[B][B]B([CH-]C)[CH-]CC(C)CC(C)CC(C)B([B])C[B]C(C)CC(C)CC(C)CC.[Y].[Y].[Y]. The zero-order valence-electron chi connectivity index (χ0n) is 23.9. The molecule has 0 saturated heterocycles. The Morgan fingerprint density at radius 1 is 0.829 bits per heavy atom. The second-order valence-corrected chi connectivity index (χ2v) is 10.4. The summed E-state index contributed by atoms with van der Waals surface area (Å²) in [6.45, 7) is 19.2. The van der Waals surface area contributed by atoms with Gasteiger partial charge in [0.25, 0.3) is 0 Å². The molecule has 0 aromatic carbocycles. The topological polar surface area (TPSA) is 0 Å². The number of halogens is 3. The van der Waals surface area contributed by atoms with Crippen molar-refractivity contribution in [3.05, 3.63) is 12.6 Å². The zero-order chi connectivity index (χ0) is 24.4. The van der Waals surface area contributed by atoms with Gasteiger partial charge in [0, 0.05) is 143 Å². The minimum absolute atomic E-state index is 0. The summed E-state index contributed by atoms with van der Waals surface area (Å²) in [4.78, 5) is 0. The van der Waals surface area contributed by atoms with Crippen LogP contribution >= 0.6 is 61.2 Å². The molecule has 0 fully saturated rings. The van der Waals surface area contributed by atoms with Crippen LogP contribution in [0.15, 0.2) is 0 Å². The molecular weight excluding hydrogens is 989 g/mol. The Kier molecular flexibility index (Phi) is 55.1. The first-order valence-corrected chi connectivity index (χ1v) is 18.8. The van der Waals surface area contributed by atoms with Gasteiger partial charge in [-0.15, -0.1) is 30.2 Å². The van der Waals surface area contributed by atoms with E-state index < -0.39 is 0 Å². The summed E-state index contributed by atoms with van der Waals surface area (Å²) in [6, 6.07) is 0. The number of hydrogen-bond donors (Lipinski definition) is 0. The van der Waals surface area contributed by atoms with Crippen molar-refractivity contribution in [3.63, 3.8) is 0 Å². The van der Waals surface area contributed by atoms with E-state index >= 15 is 0 Å². The van der Waals surface area contributed by atoms with Gasteiger partial charge in [-0.2, -0.15) is 13.3 Å². The Morgan fingerprint density at radius 3 is 1.77 bits per heavy atom. The van der Waals surface area contributed by atoms with Crippen molar-refractivity contribution in [2.24, 2.45) is 23.7 Å². The normalized spacial score (nSPS) is 14.8. The van der Waals surface area contributed by atoms with Gasteiger partial charge in [0.2, 0.25) is 0 Å². The van der Waals surface area contributed by atoms with Gasteiger partial charge in [0.1, 0.15) is 7.28 Å². The van der Waals surface area contributed by atoms with Crippen LogP contribution < -0.4 is 0 Å². The van der Waals surface area contributed by atoms with Gasteiger partial charge in [0.05, 0.1) is 6.60 Å². The Labute approximate surface area is 344 Å². The van der Waals surface area contributed by atoms with Gasteiger partial charge in [-0.05, 0) is 31.9 Å².